The van der Waals surface area contributed by atoms with Crippen LogP contribution in [0.2, 0.25) is 0 Å². The fourth-order valence-corrected chi connectivity index (χ4v) is 3.38. The summed E-state index contributed by atoms with van der Waals surface area (Å²) >= 11 is 4.94. The number of ether oxygens (including phenoxy) is 1. The lowest BCUT2D eigenvalue weighted by Crippen LogP contribution is -2.12. The van der Waals surface area contributed by atoms with Crippen molar-refractivity contribution < 1.29 is 9.53 Å². The van der Waals surface area contributed by atoms with E-state index in [1.807, 2.05) is 5.38 Å². The second kappa shape index (κ2) is 6.28. The van der Waals surface area contributed by atoms with E-state index in [2.05, 4.69) is 41.7 Å². The monoisotopic (exact) mass is 367 g/mol. The van der Waals surface area contributed by atoms with Crippen LogP contribution in [0.4, 0.5) is 0 Å². The first kappa shape index (κ1) is 16.2. The summed E-state index contributed by atoms with van der Waals surface area (Å²) in [6.07, 6.45) is 0.333. The van der Waals surface area contributed by atoms with Crippen LogP contribution in [0.15, 0.2) is 28.1 Å². The molecule has 0 unspecified atom stereocenters. The first-order valence-corrected chi connectivity index (χ1v) is 8.30. The maximum absolute atomic E-state index is 12.3. The Labute approximate surface area is 137 Å². The molecule has 1 heterocycles. The van der Waals surface area contributed by atoms with E-state index in [1.165, 1.54) is 0 Å². The van der Waals surface area contributed by atoms with Crippen LogP contribution in [0.5, 0.6) is 5.75 Å². The number of Topliss-reactive ketones (excluding diaryl/α,β-unsaturated/α-hetero) is 1. The zero-order chi connectivity index (χ0) is 15.6. The second-order valence-corrected chi connectivity index (χ2v) is 7.62. The predicted molar refractivity (Wildman–Crippen MR) is 89.5 cm³/mol. The van der Waals surface area contributed by atoms with Gasteiger partial charge in [0.05, 0.1) is 23.7 Å². The summed E-state index contributed by atoms with van der Waals surface area (Å²) in [5.41, 5.74) is 1.71. The molecule has 112 valence electrons. The number of methoxy groups -OCH3 is 1. The molecular formula is C16H18BrNO2S. The molecule has 0 spiro atoms. The molecular weight excluding hydrogens is 350 g/mol. The third kappa shape index (κ3) is 3.92. The van der Waals surface area contributed by atoms with E-state index in [4.69, 9.17) is 4.74 Å². The summed E-state index contributed by atoms with van der Waals surface area (Å²) in [5, 5.41) is 2.89. The van der Waals surface area contributed by atoms with Gasteiger partial charge in [0.25, 0.3) is 0 Å². The zero-order valence-corrected chi connectivity index (χ0v) is 15.0. The van der Waals surface area contributed by atoms with Gasteiger partial charge in [-0.05, 0) is 34.1 Å². The Bertz CT molecular complexity index is 659. The number of halogens is 1. The molecule has 0 fully saturated rings. The number of aromatic nitrogens is 1. The number of nitrogens with zero attached hydrogens (tertiary/aromatic N) is 1. The van der Waals surface area contributed by atoms with Crippen molar-refractivity contribution in [2.75, 3.05) is 7.11 Å². The van der Waals surface area contributed by atoms with Crippen molar-refractivity contribution in [3.8, 4) is 5.75 Å². The first-order valence-electron chi connectivity index (χ1n) is 6.63. The predicted octanol–water partition coefficient (Wildman–Crippen LogP) is 4.64. The number of rotatable bonds is 4. The van der Waals surface area contributed by atoms with Gasteiger partial charge in [0.2, 0.25) is 0 Å². The lowest BCUT2D eigenvalue weighted by molar-refractivity contribution is 0.0992. The van der Waals surface area contributed by atoms with Crippen molar-refractivity contribution in [1.82, 2.24) is 4.98 Å². The Morgan fingerprint density at radius 1 is 1.38 bits per heavy atom. The molecule has 0 aliphatic heterocycles. The minimum Gasteiger partial charge on any atom is -0.496 e. The van der Waals surface area contributed by atoms with Gasteiger partial charge in [-0.3, -0.25) is 4.79 Å². The van der Waals surface area contributed by atoms with Crippen LogP contribution in [0, 0.1) is 0 Å². The molecule has 0 aliphatic carbocycles. The van der Waals surface area contributed by atoms with E-state index < -0.39 is 0 Å². The van der Waals surface area contributed by atoms with E-state index >= 15 is 0 Å². The lowest BCUT2D eigenvalue weighted by atomic mass is 9.93. The minimum absolute atomic E-state index is 0.0148. The maximum Gasteiger partial charge on any atom is 0.169 e. The van der Waals surface area contributed by atoms with Gasteiger partial charge in [0.15, 0.2) is 5.78 Å². The van der Waals surface area contributed by atoms with E-state index in [0.717, 1.165) is 20.9 Å². The standard InChI is InChI=1S/C16H18BrNO2S/c1-16(2,3)14-9-21-15(18-14)8-12(19)10-5-6-13(20-4)11(17)7-10/h5-7,9H,8H2,1-4H3. The molecule has 0 aliphatic rings. The molecule has 0 saturated heterocycles. The van der Waals surface area contributed by atoms with Crippen LogP contribution in [0.25, 0.3) is 0 Å². The van der Waals surface area contributed by atoms with Gasteiger partial charge in [-0.1, -0.05) is 20.8 Å². The molecule has 3 nitrogen and oxygen atoms in total. The van der Waals surface area contributed by atoms with Gasteiger partial charge >= 0.3 is 0 Å². The van der Waals surface area contributed by atoms with Gasteiger partial charge < -0.3 is 4.74 Å². The highest BCUT2D eigenvalue weighted by molar-refractivity contribution is 9.10. The SMILES string of the molecule is COc1ccc(C(=O)Cc2nc(C(C)(C)C)cs2)cc1Br. The molecule has 1 aromatic heterocycles. The van der Waals surface area contributed by atoms with Gasteiger partial charge in [-0.2, -0.15) is 0 Å². The molecule has 0 atom stereocenters. The van der Waals surface area contributed by atoms with E-state index in [9.17, 15) is 4.79 Å². The average Bonchev–Trinajstić information content (AvgIpc) is 2.87. The Morgan fingerprint density at radius 3 is 2.62 bits per heavy atom. The fraction of sp³-hybridized carbons (Fsp3) is 0.375. The van der Waals surface area contributed by atoms with Crippen molar-refractivity contribution in [1.29, 1.82) is 0 Å². The van der Waals surface area contributed by atoms with Crippen LogP contribution >= 0.6 is 27.3 Å². The number of ketones is 1. The highest BCUT2D eigenvalue weighted by atomic mass is 79.9. The van der Waals surface area contributed by atoms with E-state index in [1.54, 1.807) is 36.6 Å². The number of thiazole rings is 1. The van der Waals surface area contributed by atoms with Crippen LogP contribution in [0.3, 0.4) is 0 Å². The molecule has 0 N–H and O–H groups in total. The van der Waals surface area contributed by atoms with Crippen molar-refractivity contribution in [2.24, 2.45) is 0 Å². The van der Waals surface area contributed by atoms with Crippen LogP contribution in [-0.4, -0.2) is 17.9 Å². The normalized spacial score (nSPS) is 11.5. The topological polar surface area (TPSA) is 39.2 Å². The van der Waals surface area contributed by atoms with Gasteiger partial charge in [-0.15, -0.1) is 11.3 Å². The third-order valence-electron chi connectivity index (χ3n) is 3.11. The van der Waals surface area contributed by atoms with E-state index in [0.29, 0.717) is 12.0 Å². The Morgan fingerprint density at radius 2 is 2.10 bits per heavy atom. The average molecular weight is 368 g/mol. The summed E-state index contributed by atoms with van der Waals surface area (Å²) in [7, 11) is 1.60. The molecule has 0 bridgehead atoms. The maximum atomic E-state index is 12.3. The van der Waals surface area contributed by atoms with E-state index in [-0.39, 0.29) is 11.2 Å². The Balaban J connectivity index is 2.14. The number of benzene rings is 1. The summed E-state index contributed by atoms with van der Waals surface area (Å²) in [6, 6.07) is 5.36. The largest absolute Gasteiger partial charge is 0.496 e. The molecule has 2 aromatic rings. The highest BCUT2D eigenvalue weighted by Crippen LogP contribution is 2.27. The molecule has 2 rings (SSSR count). The molecule has 0 amide bonds. The minimum atomic E-state index is 0.0148. The molecule has 5 heteroatoms. The fourth-order valence-electron chi connectivity index (χ4n) is 1.82. The number of carbonyl (C=O) groups is 1. The molecule has 0 radical (unpaired) electrons. The molecule has 0 saturated carbocycles. The number of hydrogen-bond donors (Lipinski definition) is 0. The molecule has 1 aromatic carbocycles. The summed E-state index contributed by atoms with van der Waals surface area (Å²) < 4.78 is 5.95. The summed E-state index contributed by atoms with van der Waals surface area (Å²) in [6.45, 7) is 6.36. The summed E-state index contributed by atoms with van der Waals surface area (Å²) in [4.78, 5) is 16.9. The van der Waals surface area contributed by atoms with Crippen molar-refractivity contribution in [2.45, 2.75) is 32.6 Å². The van der Waals surface area contributed by atoms with Crippen molar-refractivity contribution >= 4 is 33.0 Å². The molecule has 21 heavy (non-hydrogen) atoms. The zero-order valence-electron chi connectivity index (χ0n) is 12.6. The van der Waals surface area contributed by atoms with Crippen LogP contribution in [0.1, 0.15) is 41.8 Å². The van der Waals surface area contributed by atoms with Crippen molar-refractivity contribution in [3.63, 3.8) is 0 Å². The van der Waals surface area contributed by atoms with Gasteiger partial charge in [-0.25, -0.2) is 4.98 Å². The summed E-state index contributed by atoms with van der Waals surface area (Å²) in [5.74, 6) is 0.781. The number of hydrogen-bond acceptors (Lipinski definition) is 4. The van der Waals surface area contributed by atoms with Crippen LogP contribution < -0.4 is 4.74 Å². The highest BCUT2D eigenvalue weighted by Gasteiger charge is 2.19. The quantitative estimate of drug-likeness (QED) is 0.739. The van der Waals surface area contributed by atoms with Crippen molar-refractivity contribution in [3.05, 3.63) is 44.3 Å². The van der Waals surface area contributed by atoms with Gasteiger partial charge in [0.1, 0.15) is 10.8 Å². The van der Waals surface area contributed by atoms with Crippen LogP contribution in [-0.2, 0) is 11.8 Å². The second-order valence-electron chi connectivity index (χ2n) is 5.83. The van der Waals surface area contributed by atoms with Gasteiger partial charge in [0, 0.05) is 16.4 Å². The number of carbonyl (C=O) groups excluding carboxylic acids is 1. The Kier molecular flexibility index (Phi) is 4.84. The lowest BCUT2D eigenvalue weighted by Gasteiger charge is -2.14. The first-order chi connectivity index (χ1) is 9.81. The smallest absolute Gasteiger partial charge is 0.169 e. The Hall–Kier alpha value is -1.20. The third-order valence-corrected chi connectivity index (χ3v) is 4.57.